The molecule has 0 saturated carbocycles. The van der Waals surface area contributed by atoms with Crippen LogP contribution in [0.3, 0.4) is 0 Å². The molecule has 1 aromatic carbocycles. The SMILES string of the molecule is CCOC(=O)c1ccc(-c2coc3cc(C)cc(O)c3c2=NN)o1. The predicted molar refractivity (Wildman–Crippen MR) is 86.0 cm³/mol. The first-order chi connectivity index (χ1) is 11.5. The van der Waals surface area contributed by atoms with E-state index in [0.29, 0.717) is 27.7 Å². The van der Waals surface area contributed by atoms with E-state index < -0.39 is 5.97 Å². The first-order valence-electron chi connectivity index (χ1n) is 7.31. The lowest BCUT2D eigenvalue weighted by Gasteiger charge is -2.06. The van der Waals surface area contributed by atoms with Crippen LogP contribution in [0, 0.1) is 6.92 Å². The molecule has 124 valence electrons. The number of aromatic hydroxyl groups is 1. The summed E-state index contributed by atoms with van der Waals surface area (Å²) in [4.78, 5) is 11.7. The van der Waals surface area contributed by atoms with Crippen LogP contribution in [-0.4, -0.2) is 17.7 Å². The lowest BCUT2D eigenvalue weighted by molar-refractivity contribution is 0.0491. The van der Waals surface area contributed by atoms with E-state index in [1.807, 2.05) is 6.92 Å². The normalized spacial score (nSPS) is 11.8. The summed E-state index contributed by atoms with van der Waals surface area (Å²) >= 11 is 0. The van der Waals surface area contributed by atoms with E-state index >= 15 is 0 Å². The quantitative estimate of drug-likeness (QED) is 0.434. The Morgan fingerprint density at radius 1 is 1.38 bits per heavy atom. The Morgan fingerprint density at radius 3 is 2.88 bits per heavy atom. The average molecular weight is 328 g/mol. The van der Waals surface area contributed by atoms with Gasteiger partial charge in [0.1, 0.15) is 28.7 Å². The second kappa shape index (κ2) is 6.11. The number of nitrogens with zero attached hydrogens (tertiary/aromatic N) is 1. The highest BCUT2D eigenvalue weighted by atomic mass is 16.5. The number of rotatable bonds is 3. The third-order valence-electron chi connectivity index (χ3n) is 3.50. The number of hydrogen-bond donors (Lipinski definition) is 2. The van der Waals surface area contributed by atoms with Crippen LogP contribution >= 0.6 is 0 Å². The number of aryl methyl sites for hydroxylation is 1. The molecule has 0 fully saturated rings. The summed E-state index contributed by atoms with van der Waals surface area (Å²) in [5.74, 6) is 5.33. The molecule has 0 radical (unpaired) electrons. The number of hydrogen-bond acceptors (Lipinski definition) is 7. The van der Waals surface area contributed by atoms with Gasteiger partial charge in [0.2, 0.25) is 5.76 Å². The minimum absolute atomic E-state index is 0.00280. The second-order valence-electron chi connectivity index (χ2n) is 5.17. The van der Waals surface area contributed by atoms with Crippen molar-refractivity contribution in [2.24, 2.45) is 10.9 Å². The number of fused-ring (bicyclic) bond motifs is 1. The minimum atomic E-state index is -0.564. The fourth-order valence-electron chi connectivity index (χ4n) is 2.48. The van der Waals surface area contributed by atoms with Gasteiger partial charge in [-0.1, -0.05) is 0 Å². The monoisotopic (exact) mass is 328 g/mol. The Bertz CT molecular complexity index is 984. The molecule has 7 heteroatoms. The standard InChI is InChI=1S/C17H16N2O5/c1-3-22-17(21)13-5-4-12(24-13)10-8-23-14-7-9(2)6-11(20)15(14)16(10)19-18/h4-8,20H,3,18H2,1-2H3. The number of furan rings is 1. The maximum atomic E-state index is 11.7. The summed E-state index contributed by atoms with van der Waals surface area (Å²) in [6.07, 6.45) is 1.42. The molecule has 2 heterocycles. The first-order valence-corrected chi connectivity index (χ1v) is 7.31. The molecule has 0 amide bonds. The number of carbonyl (C=O) groups excluding carboxylic acids is 1. The number of phenolic OH excluding ortho intramolecular Hbond substituents is 1. The summed E-state index contributed by atoms with van der Waals surface area (Å²) < 4.78 is 16.0. The predicted octanol–water partition coefficient (Wildman–Crippen LogP) is 2.66. The van der Waals surface area contributed by atoms with Crippen molar-refractivity contribution in [1.82, 2.24) is 0 Å². The van der Waals surface area contributed by atoms with Crippen LogP contribution < -0.4 is 11.2 Å². The van der Waals surface area contributed by atoms with E-state index in [1.165, 1.54) is 12.3 Å². The molecule has 0 spiro atoms. The second-order valence-corrected chi connectivity index (χ2v) is 5.17. The highest BCUT2D eigenvalue weighted by Gasteiger charge is 2.17. The summed E-state index contributed by atoms with van der Waals surface area (Å²) in [5.41, 5.74) is 1.69. The molecule has 2 aromatic heterocycles. The molecule has 3 aromatic rings. The Kier molecular flexibility index (Phi) is 3.99. The smallest absolute Gasteiger partial charge is 0.374 e. The molecular weight excluding hydrogens is 312 g/mol. The van der Waals surface area contributed by atoms with Crippen molar-refractivity contribution in [2.75, 3.05) is 6.61 Å². The minimum Gasteiger partial charge on any atom is -0.507 e. The van der Waals surface area contributed by atoms with Gasteiger partial charge in [-0.3, -0.25) is 0 Å². The largest absolute Gasteiger partial charge is 0.507 e. The summed E-state index contributed by atoms with van der Waals surface area (Å²) in [6, 6.07) is 6.43. The van der Waals surface area contributed by atoms with Crippen molar-refractivity contribution >= 4 is 16.9 Å². The van der Waals surface area contributed by atoms with Crippen molar-refractivity contribution in [3.8, 4) is 17.1 Å². The number of esters is 1. The number of carbonyl (C=O) groups is 1. The highest BCUT2D eigenvalue weighted by Crippen LogP contribution is 2.28. The van der Waals surface area contributed by atoms with Crippen LogP contribution in [0.1, 0.15) is 23.0 Å². The Morgan fingerprint density at radius 2 is 2.17 bits per heavy atom. The number of benzene rings is 1. The van der Waals surface area contributed by atoms with E-state index in [-0.39, 0.29) is 18.1 Å². The van der Waals surface area contributed by atoms with E-state index in [2.05, 4.69) is 5.10 Å². The van der Waals surface area contributed by atoms with Gasteiger partial charge in [0.15, 0.2) is 0 Å². The number of phenols is 1. The fourth-order valence-corrected chi connectivity index (χ4v) is 2.48. The maximum Gasteiger partial charge on any atom is 0.374 e. The van der Waals surface area contributed by atoms with Crippen LogP contribution in [0.5, 0.6) is 5.75 Å². The first kappa shape index (κ1) is 15.7. The van der Waals surface area contributed by atoms with Gasteiger partial charge in [-0.15, -0.1) is 0 Å². The highest BCUT2D eigenvalue weighted by molar-refractivity contribution is 5.88. The molecule has 7 nitrogen and oxygen atoms in total. The van der Waals surface area contributed by atoms with E-state index in [0.717, 1.165) is 5.56 Å². The Labute approximate surface area is 137 Å². The van der Waals surface area contributed by atoms with Crippen LogP contribution in [0.4, 0.5) is 0 Å². The van der Waals surface area contributed by atoms with E-state index in [9.17, 15) is 9.90 Å². The van der Waals surface area contributed by atoms with Gasteiger partial charge < -0.3 is 24.5 Å². The zero-order chi connectivity index (χ0) is 17.3. The van der Waals surface area contributed by atoms with Gasteiger partial charge >= 0.3 is 5.97 Å². The van der Waals surface area contributed by atoms with E-state index in [4.69, 9.17) is 19.4 Å². The lowest BCUT2D eigenvalue weighted by atomic mass is 10.1. The third-order valence-corrected chi connectivity index (χ3v) is 3.50. The molecule has 0 aliphatic rings. The average Bonchev–Trinajstić information content (AvgIpc) is 3.03. The maximum absolute atomic E-state index is 11.7. The van der Waals surface area contributed by atoms with Crippen LogP contribution in [0.25, 0.3) is 22.3 Å². The van der Waals surface area contributed by atoms with Gasteiger partial charge in [0, 0.05) is 0 Å². The molecule has 0 bridgehead atoms. The molecule has 3 rings (SSSR count). The van der Waals surface area contributed by atoms with Crippen LogP contribution in [0.2, 0.25) is 0 Å². The van der Waals surface area contributed by atoms with Crippen LogP contribution in [-0.2, 0) is 4.74 Å². The number of ether oxygens (including phenoxy) is 1. The summed E-state index contributed by atoms with van der Waals surface area (Å²) in [5, 5.41) is 14.7. The fraction of sp³-hybridized carbons (Fsp3) is 0.176. The molecule has 24 heavy (non-hydrogen) atoms. The van der Waals surface area contributed by atoms with Crippen LogP contribution in [0.15, 0.2) is 44.5 Å². The van der Waals surface area contributed by atoms with Gasteiger partial charge in [0.05, 0.1) is 17.6 Å². The zero-order valence-corrected chi connectivity index (χ0v) is 13.2. The molecule has 0 unspecified atom stereocenters. The Balaban J connectivity index is 2.19. The number of nitrogens with two attached hydrogens (primary N) is 1. The third kappa shape index (κ3) is 2.60. The van der Waals surface area contributed by atoms with Crippen molar-refractivity contribution in [2.45, 2.75) is 13.8 Å². The Hall–Kier alpha value is -3.22. The molecule has 3 N–H and O–H groups in total. The van der Waals surface area contributed by atoms with Crippen molar-refractivity contribution in [1.29, 1.82) is 0 Å². The van der Waals surface area contributed by atoms with Crippen molar-refractivity contribution in [3.63, 3.8) is 0 Å². The summed E-state index contributed by atoms with van der Waals surface area (Å²) in [7, 11) is 0. The molecular formula is C17H16N2O5. The molecule has 0 atom stereocenters. The van der Waals surface area contributed by atoms with E-state index in [1.54, 1.807) is 25.1 Å². The lowest BCUT2D eigenvalue weighted by Crippen LogP contribution is -2.10. The van der Waals surface area contributed by atoms with Gasteiger partial charge in [-0.2, -0.15) is 5.10 Å². The zero-order valence-electron chi connectivity index (χ0n) is 13.2. The van der Waals surface area contributed by atoms with Crippen molar-refractivity contribution in [3.05, 3.63) is 47.2 Å². The molecule has 0 aliphatic carbocycles. The molecule has 0 saturated heterocycles. The molecule has 0 aliphatic heterocycles. The topological polar surface area (TPSA) is 111 Å². The van der Waals surface area contributed by atoms with Gasteiger partial charge in [-0.05, 0) is 43.7 Å². The summed E-state index contributed by atoms with van der Waals surface area (Å²) in [6.45, 7) is 3.79. The van der Waals surface area contributed by atoms with Gasteiger partial charge in [0.25, 0.3) is 0 Å². The van der Waals surface area contributed by atoms with Gasteiger partial charge in [-0.25, -0.2) is 4.79 Å². The van der Waals surface area contributed by atoms with Crippen molar-refractivity contribution < 1.29 is 23.5 Å².